The average Bonchev–Trinajstić information content (AvgIpc) is 2.93. The Hall–Kier alpha value is -3.50. The first-order valence-electron chi connectivity index (χ1n) is 5.97. The molecule has 1 aromatic heterocycles. The molecule has 0 spiro atoms. The van der Waals surface area contributed by atoms with Crippen molar-refractivity contribution in [1.82, 2.24) is 9.78 Å². The largest absolute Gasteiger partial charge is 0.497 e. The van der Waals surface area contributed by atoms with Gasteiger partial charge < -0.3 is 9.47 Å². The number of ether oxygens (including phenoxy) is 2. The minimum atomic E-state index is -0.771. The molecule has 0 saturated carbocycles. The first-order valence-corrected chi connectivity index (χ1v) is 5.97. The van der Waals surface area contributed by atoms with Gasteiger partial charge in [0, 0.05) is 4.91 Å². The van der Waals surface area contributed by atoms with E-state index < -0.39 is 5.97 Å². The number of hydrogen-bond acceptors (Lipinski definition) is 6. The minimum absolute atomic E-state index is 0.123. The van der Waals surface area contributed by atoms with E-state index in [-0.39, 0.29) is 17.1 Å². The molecule has 0 fully saturated rings. The predicted molar refractivity (Wildman–Crippen MR) is 75.0 cm³/mol. The van der Waals surface area contributed by atoms with E-state index in [4.69, 9.17) is 15.5 Å². The van der Waals surface area contributed by atoms with Gasteiger partial charge in [-0.05, 0) is 29.8 Å². The summed E-state index contributed by atoms with van der Waals surface area (Å²) in [5.74, 6) is -0.154. The van der Waals surface area contributed by atoms with E-state index in [9.17, 15) is 4.79 Å². The highest BCUT2D eigenvalue weighted by atomic mass is 16.5. The molecule has 0 amide bonds. The van der Waals surface area contributed by atoms with Crippen LogP contribution in [0.25, 0.3) is 16.1 Å². The van der Waals surface area contributed by atoms with Crippen LogP contribution in [0.1, 0.15) is 16.2 Å². The second kappa shape index (κ2) is 6.30. The van der Waals surface area contributed by atoms with Crippen LogP contribution in [0, 0.1) is 11.3 Å². The third kappa shape index (κ3) is 2.54. The highest BCUT2D eigenvalue weighted by Gasteiger charge is 2.24. The van der Waals surface area contributed by atoms with Crippen LogP contribution in [0.2, 0.25) is 0 Å². The van der Waals surface area contributed by atoms with Crippen molar-refractivity contribution >= 4 is 11.7 Å². The van der Waals surface area contributed by atoms with E-state index in [0.29, 0.717) is 11.4 Å². The van der Waals surface area contributed by atoms with Gasteiger partial charge in [-0.25, -0.2) is 9.48 Å². The number of methoxy groups -OCH3 is 2. The summed E-state index contributed by atoms with van der Waals surface area (Å²) in [5, 5.41) is 16.5. The first-order chi connectivity index (χ1) is 10.7. The number of aromatic nitrogens is 2. The van der Waals surface area contributed by atoms with Crippen LogP contribution in [0.4, 0.5) is 5.69 Å². The average molecular weight is 298 g/mol. The van der Waals surface area contributed by atoms with E-state index in [1.165, 1.54) is 18.9 Å². The molecule has 1 aromatic carbocycles. The van der Waals surface area contributed by atoms with Crippen LogP contribution in [0.5, 0.6) is 5.75 Å². The fourth-order valence-electron chi connectivity index (χ4n) is 1.81. The third-order valence-corrected chi connectivity index (χ3v) is 2.81. The summed E-state index contributed by atoms with van der Waals surface area (Å²) in [6.45, 7) is 0. The SMILES string of the molecule is COC(=O)c1c(N=[N+]=[N-])c(C#N)nn1-c1ccc(OC)cc1. The summed E-state index contributed by atoms with van der Waals surface area (Å²) < 4.78 is 10.9. The maximum atomic E-state index is 12.0. The Morgan fingerprint density at radius 3 is 2.59 bits per heavy atom. The molecule has 0 aliphatic heterocycles. The smallest absolute Gasteiger partial charge is 0.357 e. The molecular weight excluding hydrogens is 288 g/mol. The molecule has 0 bridgehead atoms. The molecule has 9 heteroatoms. The fraction of sp³-hybridized carbons (Fsp3) is 0.154. The van der Waals surface area contributed by atoms with Gasteiger partial charge in [0.1, 0.15) is 17.5 Å². The predicted octanol–water partition coefficient (Wildman–Crippen LogP) is 2.48. The number of rotatable bonds is 4. The van der Waals surface area contributed by atoms with Crippen LogP contribution < -0.4 is 4.74 Å². The Morgan fingerprint density at radius 2 is 2.09 bits per heavy atom. The number of benzene rings is 1. The highest BCUT2D eigenvalue weighted by molar-refractivity contribution is 5.94. The summed E-state index contributed by atoms with van der Waals surface area (Å²) in [6.07, 6.45) is 0. The zero-order valence-electron chi connectivity index (χ0n) is 11.7. The van der Waals surface area contributed by atoms with Crippen molar-refractivity contribution < 1.29 is 14.3 Å². The standard InChI is InChI=1S/C13H10N6O3/c1-21-9-5-3-8(4-6-9)19-12(13(20)22-2)11(16-18-15)10(7-14)17-19/h3-6H,1-2H3. The Kier molecular flexibility index (Phi) is 4.27. The van der Waals surface area contributed by atoms with Gasteiger partial charge in [-0.1, -0.05) is 5.11 Å². The van der Waals surface area contributed by atoms with E-state index in [0.717, 1.165) is 0 Å². The monoisotopic (exact) mass is 298 g/mol. The number of nitriles is 1. The lowest BCUT2D eigenvalue weighted by molar-refractivity contribution is 0.0591. The Balaban J connectivity index is 2.71. The van der Waals surface area contributed by atoms with Gasteiger partial charge in [-0.2, -0.15) is 10.4 Å². The van der Waals surface area contributed by atoms with Gasteiger partial charge in [0.15, 0.2) is 11.4 Å². The highest BCUT2D eigenvalue weighted by Crippen LogP contribution is 2.28. The van der Waals surface area contributed by atoms with Gasteiger partial charge in [-0.15, -0.1) is 0 Å². The lowest BCUT2D eigenvalue weighted by atomic mass is 10.2. The minimum Gasteiger partial charge on any atom is -0.497 e. The zero-order valence-corrected chi connectivity index (χ0v) is 11.7. The van der Waals surface area contributed by atoms with Gasteiger partial charge >= 0.3 is 5.97 Å². The van der Waals surface area contributed by atoms with Crippen LogP contribution >= 0.6 is 0 Å². The lowest BCUT2D eigenvalue weighted by Crippen LogP contribution is -2.10. The molecular formula is C13H10N6O3. The summed E-state index contributed by atoms with van der Waals surface area (Å²) in [7, 11) is 2.70. The van der Waals surface area contributed by atoms with E-state index >= 15 is 0 Å². The number of azide groups is 1. The number of hydrogen-bond donors (Lipinski definition) is 0. The van der Waals surface area contributed by atoms with Crippen molar-refractivity contribution in [3.05, 3.63) is 46.1 Å². The van der Waals surface area contributed by atoms with Crippen molar-refractivity contribution in [2.45, 2.75) is 0 Å². The molecule has 0 atom stereocenters. The summed E-state index contributed by atoms with van der Waals surface area (Å²) >= 11 is 0. The molecule has 0 N–H and O–H groups in total. The van der Waals surface area contributed by atoms with Crippen LogP contribution in [-0.2, 0) is 4.74 Å². The Labute approximate surface area is 124 Å². The van der Waals surface area contributed by atoms with Crippen molar-refractivity contribution in [2.75, 3.05) is 14.2 Å². The van der Waals surface area contributed by atoms with Crippen LogP contribution in [0.3, 0.4) is 0 Å². The number of nitrogens with zero attached hydrogens (tertiary/aromatic N) is 6. The molecule has 0 aliphatic rings. The molecule has 9 nitrogen and oxygen atoms in total. The summed E-state index contributed by atoms with van der Waals surface area (Å²) in [4.78, 5) is 14.6. The van der Waals surface area contributed by atoms with E-state index in [1.54, 1.807) is 30.3 Å². The lowest BCUT2D eigenvalue weighted by Gasteiger charge is -2.07. The normalized spacial score (nSPS) is 9.50. The van der Waals surface area contributed by atoms with Gasteiger partial charge in [0.2, 0.25) is 0 Å². The van der Waals surface area contributed by atoms with Crippen LogP contribution in [-0.4, -0.2) is 30.0 Å². The van der Waals surface area contributed by atoms with E-state index in [1.807, 2.05) is 0 Å². The molecule has 110 valence electrons. The summed E-state index contributed by atoms with van der Waals surface area (Å²) in [6, 6.07) is 8.39. The zero-order chi connectivity index (χ0) is 16.1. The van der Waals surface area contributed by atoms with Crippen molar-refractivity contribution in [3.63, 3.8) is 0 Å². The fourth-order valence-corrected chi connectivity index (χ4v) is 1.81. The topological polar surface area (TPSA) is 126 Å². The Morgan fingerprint density at radius 1 is 1.41 bits per heavy atom. The van der Waals surface area contributed by atoms with Crippen molar-refractivity contribution in [1.29, 1.82) is 5.26 Å². The van der Waals surface area contributed by atoms with E-state index in [2.05, 4.69) is 19.9 Å². The van der Waals surface area contributed by atoms with Gasteiger partial charge in [0.25, 0.3) is 0 Å². The quantitative estimate of drug-likeness (QED) is 0.371. The molecule has 0 radical (unpaired) electrons. The van der Waals surface area contributed by atoms with Crippen molar-refractivity contribution in [2.24, 2.45) is 5.11 Å². The molecule has 0 unspecified atom stereocenters. The molecule has 22 heavy (non-hydrogen) atoms. The maximum absolute atomic E-state index is 12.0. The number of carbonyl (C=O) groups is 1. The van der Waals surface area contributed by atoms with Gasteiger partial charge in [-0.3, -0.25) is 0 Å². The number of carbonyl (C=O) groups excluding carboxylic acids is 1. The molecule has 2 rings (SSSR count). The molecule has 1 heterocycles. The Bertz CT molecular complexity index is 796. The summed E-state index contributed by atoms with van der Waals surface area (Å²) in [5.41, 5.74) is 8.62. The third-order valence-electron chi connectivity index (χ3n) is 2.81. The molecule has 0 aliphatic carbocycles. The molecule has 2 aromatic rings. The maximum Gasteiger partial charge on any atom is 0.357 e. The first kappa shape index (κ1) is 14.9. The second-order valence-electron chi connectivity index (χ2n) is 3.95. The second-order valence-corrected chi connectivity index (χ2v) is 3.95. The number of esters is 1. The van der Waals surface area contributed by atoms with Crippen molar-refractivity contribution in [3.8, 4) is 17.5 Å². The van der Waals surface area contributed by atoms with Gasteiger partial charge in [0.05, 0.1) is 19.9 Å². The van der Waals surface area contributed by atoms with Crippen LogP contribution in [0.15, 0.2) is 29.4 Å². The molecule has 0 saturated heterocycles.